The third-order valence-electron chi connectivity index (χ3n) is 2.91. The summed E-state index contributed by atoms with van der Waals surface area (Å²) >= 11 is 0. The number of nitro groups is 1. The first-order valence-corrected chi connectivity index (χ1v) is 5.97. The zero-order valence-corrected chi connectivity index (χ0v) is 10.8. The van der Waals surface area contributed by atoms with E-state index in [9.17, 15) is 10.1 Å². The van der Waals surface area contributed by atoms with E-state index in [2.05, 4.69) is 10.3 Å². The van der Waals surface area contributed by atoms with Gasteiger partial charge in [0.2, 0.25) is 0 Å². The molecule has 0 bridgehead atoms. The van der Waals surface area contributed by atoms with Gasteiger partial charge in [0.15, 0.2) is 0 Å². The molecule has 0 radical (unpaired) electrons. The molecule has 0 aliphatic rings. The first-order valence-electron chi connectivity index (χ1n) is 5.97. The zero-order valence-electron chi connectivity index (χ0n) is 10.8. The molecule has 2 rings (SSSR count). The van der Waals surface area contributed by atoms with Gasteiger partial charge in [0.25, 0.3) is 5.69 Å². The molecule has 1 unspecified atom stereocenters. The molecule has 2 aromatic rings. The zero-order chi connectivity index (χ0) is 14.5. The van der Waals surface area contributed by atoms with Crippen LogP contribution in [0.1, 0.15) is 24.1 Å². The van der Waals surface area contributed by atoms with Gasteiger partial charge >= 0.3 is 0 Å². The van der Waals surface area contributed by atoms with Crippen LogP contribution in [0.3, 0.4) is 0 Å². The number of hydrogen-bond donors (Lipinski definition) is 1. The van der Waals surface area contributed by atoms with E-state index >= 15 is 0 Å². The number of nitriles is 1. The number of non-ortho nitro benzene ring substituents is 1. The van der Waals surface area contributed by atoms with E-state index in [0.29, 0.717) is 5.69 Å². The second kappa shape index (κ2) is 5.80. The summed E-state index contributed by atoms with van der Waals surface area (Å²) in [5.41, 5.74) is 1.74. The Balaban J connectivity index is 2.26. The summed E-state index contributed by atoms with van der Waals surface area (Å²) in [6.45, 7) is 1.94. The van der Waals surface area contributed by atoms with Crippen LogP contribution in [-0.4, -0.2) is 9.91 Å². The molecule has 0 aliphatic carbocycles. The Labute approximate surface area is 115 Å². The largest absolute Gasteiger partial charge is 0.377 e. The molecule has 0 spiro atoms. The normalized spacial score (nSPS) is 11.4. The number of hydrogen-bond acceptors (Lipinski definition) is 5. The average molecular weight is 268 g/mol. The van der Waals surface area contributed by atoms with Crippen LogP contribution in [0.5, 0.6) is 0 Å². The van der Waals surface area contributed by atoms with Crippen LogP contribution in [-0.2, 0) is 0 Å². The summed E-state index contributed by atoms with van der Waals surface area (Å²) < 4.78 is 0. The van der Waals surface area contributed by atoms with Gasteiger partial charge in [-0.3, -0.25) is 15.1 Å². The number of rotatable bonds is 4. The fourth-order valence-electron chi connectivity index (χ4n) is 1.83. The highest BCUT2D eigenvalue weighted by atomic mass is 16.6. The van der Waals surface area contributed by atoms with Gasteiger partial charge in [-0.15, -0.1) is 0 Å². The number of pyridine rings is 1. The predicted octanol–water partition coefficient (Wildman–Crippen LogP) is 3.03. The van der Waals surface area contributed by atoms with E-state index in [-0.39, 0.29) is 17.3 Å². The van der Waals surface area contributed by atoms with E-state index < -0.39 is 4.92 Å². The van der Waals surface area contributed by atoms with Crippen molar-refractivity contribution in [3.05, 3.63) is 64.0 Å². The minimum absolute atomic E-state index is 0.0356. The van der Waals surface area contributed by atoms with Crippen LogP contribution < -0.4 is 5.32 Å². The number of aromatic nitrogens is 1. The van der Waals surface area contributed by atoms with Gasteiger partial charge in [-0.2, -0.15) is 5.26 Å². The molecule has 1 aromatic carbocycles. The Morgan fingerprint density at radius 2 is 2.05 bits per heavy atom. The van der Waals surface area contributed by atoms with Crippen molar-refractivity contribution in [2.24, 2.45) is 0 Å². The molecule has 6 nitrogen and oxygen atoms in total. The highest BCUT2D eigenvalue weighted by Gasteiger charge is 2.12. The lowest BCUT2D eigenvalue weighted by molar-refractivity contribution is -0.384. The Bertz CT molecular complexity index is 665. The maximum atomic E-state index is 10.7. The molecule has 0 saturated heterocycles. The molecule has 6 heteroatoms. The van der Waals surface area contributed by atoms with Gasteiger partial charge in [-0.05, 0) is 30.7 Å². The standard InChI is InChI=1S/C14H12N4O2/c1-10(11-4-6-16-7-5-11)17-14-3-2-13(18(19)20)8-12(14)9-15/h2-8,10,17H,1H3. The number of anilines is 1. The molecule has 0 saturated carbocycles. The van der Waals surface area contributed by atoms with Crippen LogP contribution in [0.4, 0.5) is 11.4 Å². The highest BCUT2D eigenvalue weighted by Crippen LogP contribution is 2.25. The molecule has 0 amide bonds. The number of nitro benzene ring substituents is 1. The minimum Gasteiger partial charge on any atom is -0.377 e. The quantitative estimate of drug-likeness (QED) is 0.679. The summed E-state index contributed by atoms with van der Waals surface area (Å²) in [6, 6.07) is 9.87. The van der Waals surface area contributed by atoms with Crippen molar-refractivity contribution in [3.8, 4) is 6.07 Å². The summed E-state index contributed by atoms with van der Waals surface area (Å²) in [5, 5.41) is 22.9. The Morgan fingerprint density at radius 1 is 1.35 bits per heavy atom. The fourth-order valence-corrected chi connectivity index (χ4v) is 1.83. The van der Waals surface area contributed by atoms with Gasteiger partial charge < -0.3 is 5.32 Å². The lowest BCUT2D eigenvalue weighted by Crippen LogP contribution is -2.08. The van der Waals surface area contributed by atoms with Gasteiger partial charge in [0.1, 0.15) is 6.07 Å². The van der Waals surface area contributed by atoms with E-state index in [1.807, 2.05) is 25.1 Å². The fraction of sp³-hybridized carbons (Fsp3) is 0.143. The van der Waals surface area contributed by atoms with Crippen molar-refractivity contribution in [1.82, 2.24) is 4.98 Å². The van der Waals surface area contributed by atoms with Gasteiger partial charge in [-0.1, -0.05) is 0 Å². The van der Waals surface area contributed by atoms with Crippen molar-refractivity contribution in [3.63, 3.8) is 0 Å². The second-order valence-corrected chi connectivity index (χ2v) is 4.25. The molecule has 0 fully saturated rings. The molecule has 1 N–H and O–H groups in total. The number of benzene rings is 1. The van der Waals surface area contributed by atoms with Crippen molar-refractivity contribution < 1.29 is 4.92 Å². The Kier molecular flexibility index (Phi) is 3.91. The van der Waals surface area contributed by atoms with E-state index in [1.54, 1.807) is 18.5 Å². The minimum atomic E-state index is -0.517. The second-order valence-electron chi connectivity index (χ2n) is 4.25. The molecular weight excluding hydrogens is 256 g/mol. The van der Waals surface area contributed by atoms with Crippen LogP contribution >= 0.6 is 0 Å². The van der Waals surface area contributed by atoms with Crippen molar-refractivity contribution in [2.45, 2.75) is 13.0 Å². The van der Waals surface area contributed by atoms with Crippen LogP contribution in [0.25, 0.3) is 0 Å². The van der Waals surface area contributed by atoms with Gasteiger partial charge in [-0.25, -0.2) is 0 Å². The first kappa shape index (κ1) is 13.5. The van der Waals surface area contributed by atoms with E-state index in [1.165, 1.54) is 12.1 Å². The predicted molar refractivity (Wildman–Crippen MR) is 74.1 cm³/mol. The summed E-state index contributed by atoms with van der Waals surface area (Å²) in [6.07, 6.45) is 3.38. The van der Waals surface area contributed by atoms with Crippen LogP contribution in [0, 0.1) is 21.4 Å². The van der Waals surface area contributed by atoms with Gasteiger partial charge in [0.05, 0.1) is 16.2 Å². The molecule has 100 valence electrons. The van der Waals surface area contributed by atoms with E-state index in [0.717, 1.165) is 5.56 Å². The molecular formula is C14H12N4O2. The van der Waals surface area contributed by atoms with Crippen LogP contribution in [0.15, 0.2) is 42.7 Å². The lowest BCUT2D eigenvalue weighted by Gasteiger charge is -2.16. The molecule has 20 heavy (non-hydrogen) atoms. The Morgan fingerprint density at radius 3 is 2.65 bits per heavy atom. The third kappa shape index (κ3) is 2.90. The maximum Gasteiger partial charge on any atom is 0.270 e. The monoisotopic (exact) mass is 268 g/mol. The van der Waals surface area contributed by atoms with Gasteiger partial charge in [0, 0.05) is 30.6 Å². The number of nitrogens with zero attached hydrogens (tertiary/aromatic N) is 3. The molecule has 1 aromatic heterocycles. The molecule has 0 aliphatic heterocycles. The highest BCUT2D eigenvalue weighted by molar-refractivity contribution is 5.62. The Hall–Kier alpha value is -2.94. The molecule has 1 atom stereocenters. The van der Waals surface area contributed by atoms with Crippen molar-refractivity contribution >= 4 is 11.4 Å². The molecule has 1 heterocycles. The summed E-state index contributed by atoms with van der Waals surface area (Å²) in [5.74, 6) is 0. The number of nitrogens with one attached hydrogen (secondary N) is 1. The van der Waals surface area contributed by atoms with Crippen molar-refractivity contribution in [2.75, 3.05) is 5.32 Å². The van der Waals surface area contributed by atoms with Crippen molar-refractivity contribution in [1.29, 1.82) is 5.26 Å². The SMILES string of the molecule is CC(Nc1ccc([N+](=O)[O-])cc1C#N)c1ccncc1. The summed E-state index contributed by atoms with van der Waals surface area (Å²) in [4.78, 5) is 14.1. The topological polar surface area (TPSA) is 91.9 Å². The summed E-state index contributed by atoms with van der Waals surface area (Å²) in [7, 11) is 0. The average Bonchev–Trinajstić information content (AvgIpc) is 2.48. The van der Waals surface area contributed by atoms with E-state index in [4.69, 9.17) is 5.26 Å². The smallest absolute Gasteiger partial charge is 0.270 e. The first-order chi connectivity index (χ1) is 9.61. The maximum absolute atomic E-state index is 10.7. The lowest BCUT2D eigenvalue weighted by atomic mass is 10.1. The van der Waals surface area contributed by atoms with Crippen LogP contribution in [0.2, 0.25) is 0 Å². The third-order valence-corrected chi connectivity index (χ3v) is 2.91.